The van der Waals surface area contributed by atoms with Gasteiger partial charge < -0.3 is 10.6 Å². The predicted octanol–water partition coefficient (Wildman–Crippen LogP) is 3.72. The van der Waals surface area contributed by atoms with Crippen LogP contribution in [0, 0.1) is 0 Å². The van der Waals surface area contributed by atoms with Crippen LogP contribution in [0.4, 0.5) is 0 Å². The summed E-state index contributed by atoms with van der Waals surface area (Å²) < 4.78 is 0. The van der Waals surface area contributed by atoms with Crippen molar-refractivity contribution >= 4 is 29.3 Å². The maximum absolute atomic E-state index is 12.2. The third-order valence-corrected chi connectivity index (χ3v) is 5.46. The molecule has 5 heteroatoms. The minimum Gasteiger partial charge on any atom is -0.352 e. The minimum atomic E-state index is 0.0981. The van der Waals surface area contributed by atoms with E-state index in [1.807, 2.05) is 48.2 Å². The maximum atomic E-state index is 12.2. The zero-order valence-corrected chi connectivity index (χ0v) is 15.0. The summed E-state index contributed by atoms with van der Waals surface area (Å²) in [5.74, 6) is 2.24. The van der Waals surface area contributed by atoms with Crippen molar-refractivity contribution in [2.24, 2.45) is 0 Å². The third-order valence-electron chi connectivity index (χ3n) is 4.08. The van der Waals surface area contributed by atoms with Crippen LogP contribution in [0.5, 0.6) is 0 Å². The normalized spacial score (nSPS) is 17.5. The fourth-order valence-electron chi connectivity index (χ4n) is 2.83. The average molecular weight is 361 g/mol. The van der Waals surface area contributed by atoms with E-state index in [2.05, 4.69) is 22.8 Å². The number of hydrogen-bond acceptors (Lipinski definition) is 3. The van der Waals surface area contributed by atoms with Crippen molar-refractivity contribution in [2.75, 3.05) is 18.1 Å². The van der Waals surface area contributed by atoms with Gasteiger partial charge in [-0.1, -0.05) is 48.0 Å². The number of carbonyl (C=O) groups excluding carboxylic acids is 1. The fraction of sp³-hybridized carbons (Fsp3) is 0.316. The van der Waals surface area contributed by atoms with Gasteiger partial charge in [0, 0.05) is 42.1 Å². The Kier molecular flexibility index (Phi) is 6.18. The van der Waals surface area contributed by atoms with Gasteiger partial charge in [0.25, 0.3) is 0 Å². The lowest BCUT2D eigenvalue weighted by atomic mass is 9.99. The molecule has 2 aromatic rings. The summed E-state index contributed by atoms with van der Waals surface area (Å²) in [6.45, 7) is 1.53. The van der Waals surface area contributed by atoms with E-state index in [0.29, 0.717) is 13.0 Å². The van der Waals surface area contributed by atoms with Gasteiger partial charge in [-0.3, -0.25) is 4.79 Å². The van der Waals surface area contributed by atoms with Gasteiger partial charge in [0.15, 0.2) is 0 Å². The van der Waals surface area contributed by atoms with E-state index in [4.69, 9.17) is 11.6 Å². The number of amides is 1. The van der Waals surface area contributed by atoms with Gasteiger partial charge in [-0.2, -0.15) is 11.8 Å². The third kappa shape index (κ3) is 4.76. The van der Waals surface area contributed by atoms with Crippen LogP contribution in [0.3, 0.4) is 0 Å². The molecule has 3 nitrogen and oxygen atoms in total. The van der Waals surface area contributed by atoms with Gasteiger partial charge in [0.1, 0.15) is 0 Å². The highest BCUT2D eigenvalue weighted by molar-refractivity contribution is 7.99. The Hall–Kier alpha value is -1.49. The molecular weight excluding hydrogens is 340 g/mol. The van der Waals surface area contributed by atoms with Gasteiger partial charge >= 0.3 is 0 Å². The van der Waals surface area contributed by atoms with Crippen molar-refractivity contribution in [1.29, 1.82) is 0 Å². The Bertz CT molecular complexity index is 684. The molecule has 3 rings (SSSR count). The summed E-state index contributed by atoms with van der Waals surface area (Å²) in [6.07, 6.45) is 0.538. The summed E-state index contributed by atoms with van der Waals surface area (Å²) in [6, 6.07) is 16.2. The molecule has 2 N–H and O–H groups in total. The molecule has 126 valence electrons. The Balaban J connectivity index is 1.62. The zero-order chi connectivity index (χ0) is 16.8. The van der Waals surface area contributed by atoms with E-state index in [-0.39, 0.29) is 11.9 Å². The number of benzene rings is 2. The minimum absolute atomic E-state index is 0.0981. The van der Waals surface area contributed by atoms with Crippen molar-refractivity contribution in [3.63, 3.8) is 0 Å². The van der Waals surface area contributed by atoms with Crippen LogP contribution in [0.25, 0.3) is 11.1 Å². The van der Waals surface area contributed by atoms with E-state index >= 15 is 0 Å². The molecule has 0 aliphatic carbocycles. The first-order valence-corrected chi connectivity index (χ1v) is 9.67. The molecule has 1 aliphatic rings. The maximum Gasteiger partial charge on any atom is 0.221 e. The van der Waals surface area contributed by atoms with E-state index in [9.17, 15) is 4.79 Å². The smallest absolute Gasteiger partial charge is 0.221 e. The fourth-order valence-corrected chi connectivity index (χ4v) is 3.90. The van der Waals surface area contributed by atoms with Crippen molar-refractivity contribution in [3.8, 4) is 11.1 Å². The summed E-state index contributed by atoms with van der Waals surface area (Å²) in [7, 11) is 0. The van der Waals surface area contributed by atoms with Gasteiger partial charge in [-0.25, -0.2) is 0 Å². The van der Waals surface area contributed by atoms with E-state index in [1.165, 1.54) is 0 Å². The number of carbonyl (C=O) groups is 1. The second kappa shape index (κ2) is 8.56. The van der Waals surface area contributed by atoms with Crippen molar-refractivity contribution in [1.82, 2.24) is 10.6 Å². The molecule has 1 saturated heterocycles. The van der Waals surface area contributed by atoms with Crippen LogP contribution in [-0.4, -0.2) is 30.0 Å². The topological polar surface area (TPSA) is 41.1 Å². The highest BCUT2D eigenvalue weighted by Gasteiger charge is 2.16. The van der Waals surface area contributed by atoms with Crippen molar-refractivity contribution < 1.29 is 4.79 Å². The van der Waals surface area contributed by atoms with Gasteiger partial charge in [0.05, 0.1) is 0 Å². The van der Waals surface area contributed by atoms with E-state index in [0.717, 1.165) is 39.8 Å². The van der Waals surface area contributed by atoms with Crippen LogP contribution < -0.4 is 10.6 Å². The van der Waals surface area contributed by atoms with Gasteiger partial charge in [0.2, 0.25) is 5.91 Å². The number of hydrogen-bond donors (Lipinski definition) is 2. The SMILES string of the molecule is O=C(CC1CSCCN1)NCc1ccccc1-c1ccc(Cl)cc1. The first-order valence-electron chi connectivity index (χ1n) is 8.14. The van der Waals surface area contributed by atoms with Crippen LogP contribution in [-0.2, 0) is 11.3 Å². The van der Waals surface area contributed by atoms with Crippen LogP contribution >= 0.6 is 23.4 Å². The van der Waals surface area contributed by atoms with Gasteiger partial charge in [-0.05, 0) is 28.8 Å². The first-order chi connectivity index (χ1) is 11.7. The molecule has 1 amide bonds. The highest BCUT2D eigenvalue weighted by Crippen LogP contribution is 2.25. The molecule has 0 spiro atoms. The number of halogens is 1. The summed E-state index contributed by atoms with van der Waals surface area (Å²) in [4.78, 5) is 12.2. The molecule has 1 heterocycles. The lowest BCUT2D eigenvalue weighted by molar-refractivity contribution is -0.121. The van der Waals surface area contributed by atoms with Crippen molar-refractivity contribution in [3.05, 3.63) is 59.1 Å². The largest absolute Gasteiger partial charge is 0.352 e. The summed E-state index contributed by atoms with van der Waals surface area (Å²) >= 11 is 7.88. The lowest BCUT2D eigenvalue weighted by Gasteiger charge is -2.22. The van der Waals surface area contributed by atoms with E-state index in [1.54, 1.807) is 0 Å². The number of thioether (sulfide) groups is 1. The molecule has 0 aromatic heterocycles. The Morgan fingerprint density at radius 1 is 1.21 bits per heavy atom. The highest BCUT2D eigenvalue weighted by atomic mass is 35.5. The summed E-state index contributed by atoms with van der Waals surface area (Å²) in [5.41, 5.74) is 3.34. The van der Waals surface area contributed by atoms with Crippen LogP contribution in [0.1, 0.15) is 12.0 Å². The predicted molar refractivity (Wildman–Crippen MR) is 102 cm³/mol. The molecule has 0 radical (unpaired) electrons. The molecule has 1 fully saturated rings. The zero-order valence-electron chi connectivity index (χ0n) is 13.4. The Labute approximate surface area is 152 Å². The molecule has 1 aliphatic heterocycles. The number of rotatable bonds is 5. The summed E-state index contributed by atoms with van der Waals surface area (Å²) in [5, 5.41) is 7.17. The molecule has 1 atom stereocenters. The standard InChI is InChI=1S/C19H21ClN2OS/c20-16-7-5-14(6-8-16)18-4-2-1-3-15(18)12-22-19(23)11-17-13-24-10-9-21-17/h1-8,17,21H,9-13H2,(H,22,23). The van der Waals surface area contributed by atoms with Crippen LogP contribution in [0.2, 0.25) is 5.02 Å². The first kappa shape index (κ1) is 17.3. The molecule has 2 aromatic carbocycles. The second-order valence-corrected chi connectivity index (χ2v) is 7.46. The average Bonchev–Trinajstić information content (AvgIpc) is 2.62. The lowest BCUT2D eigenvalue weighted by Crippen LogP contribution is -2.41. The monoisotopic (exact) mass is 360 g/mol. The molecule has 24 heavy (non-hydrogen) atoms. The molecule has 0 saturated carbocycles. The number of nitrogens with one attached hydrogen (secondary N) is 2. The van der Waals surface area contributed by atoms with Crippen LogP contribution in [0.15, 0.2) is 48.5 Å². The van der Waals surface area contributed by atoms with E-state index < -0.39 is 0 Å². The van der Waals surface area contributed by atoms with Gasteiger partial charge in [-0.15, -0.1) is 0 Å². The van der Waals surface area contributed by atoms with Crippen molar-refractivity contribution in [2.45, 2.75) is 19.0 Å². The molecule has 0 bridgehead atoms. The second-order valence-electron chi connectivity index (χ2n) is 5.87. The quantitative estimate of drug-likeness (QED) is 0.853. The Morgan fingerprint density at radius 2 is 2.00 bits per heavy atom. The molecule has 1 unspecified atom stereocenters. The molecular formula is C19H21ClN2OS. The Morgan fingerprint density at radius 3 is 2.75 bits per heavy atom.